The van der Waals surface area contributed by atoms with Crippen LogP contribution in [0.1, 0.15) is 15.9 Å². The summed E-state index contributed by atoms with van der Waals surface area (Å²) in [6.45, 7) is 0.966. The number of anilines is 2. The number of alkyl halides is 3. The van der Waals surface area contributed by atoms with E-state index in [4.69, 9.17) is 4.74 Å². The Morgan fingerprint density at radius 1 is 1.12 bits per heavy atom. The predicted molar refractivity (Wildman–Crippen MR) is 86.2 cm³/mol. The Morgan fingerprint density at radius 2 is 1.88 bits per heavy atom. The van der Waals surface area contributed by atoms with Gasteiger partial charge in [0.05, 0.1) is 17.7 Å². The van der Waals surface area contributed by atoms with Crippen molar-refractivity contribution in [2.45, 2.75) is 6.18 Å². The number of carbonyl (C=O) groups is 1. The lowest BCUT2D eigenvalue weighted by Gasteiger charge is -2.13. The summed E-state index contributed by atoms with van der Waals surface area (Å²) in [7, 11) is 1.56. The standard InChI is InChI=1S/C17H17F3N2O2/c1-24-10-9-21-15-8-3-2-7-14(15)16(23)22-13-6-4-5-12(11-13)17(18,19)20/h2-8,11,21H,9-10H2,1H3,(H,22,23). The van der Waals surface area contributed by atoms with E-state index in [-0.39, 0.29) is 5.69 Å². The van der Waals surface area contributed by atoms with Gasteiger partial charge in [0.15, 0.2) is 0 Å². The Labute approximate surface area is 137 Å². The molecule has 2 aromatic carbocycles. The van der Waals surface area contributed by atoms with Crippen LogP contribution in [0.5, 0.6) is 0 Å². The molecule has 0 bridgehead atoms. The molecule has 0 heterocycles. The number of amides is 1. The van der Waals surface area contributed by atoms with Crippen LogP contribution in [-0.4, -0.2) is 26.2 Å². The first-order chi connectivity index (χ1) is 11.4. The van der Waals surface area contributed by atoms with E-state index in [1.165, 1.54) is 12.1 Å². The number of ether oxygens (including phenoxy) is 1. The molecule has 0 fully saturated rings. The van der Waals surface area contributed by atoms with E-state index in [2.05, 4.69) is 10.6 Å². The molecule has 4 nitrogen and oxygen atoms in total. The molecule has 0 aliphatic carbocycles. The molecule has 0 unspecified atom stereocenters. The minimum absolute atomic E-state index is 0.0847. The quantitative estimate of drug-likeness (QED) is 0.782. The van der Waals surface area contributed by atoms with E-state index in [0.29, 0.717) is 24.4 Å². The van der Waals surface area contributed by atoms with Gasteiger partial charge in [-0.15, -0.1) is 0 Å². The molecule has 1 amide bonds. The molecule has 0 spiro atoms. The molecule has 7 heteroatoms. The molecule has 0 aliphatic heterocycles. The monoisotopic (exact) mass is 338 g/mol. The van der Waals surface area contributed by atoms with Crippen molar-refractivity contribution in [1.29, 1.82) is 0 Å². The molecule has 0 radical (unpaired) electrons. The van der Waals surface area contributed by atoms with Gasteiger partial charge in [-0.05, 0) is 30.3 Å². The Bertz CT molecular complexity index is 702. The number of rotatable bonds is 6. The third kappa shape index (κ3) is 4.73. The Morgan fingerprint density at radius 3 is 2.58 bits per heavy atom. The van der Waals surface area contributed by atoms with E-state index >= 15 is 0 Å². The molecule has 0 aliphatic rings. The van der Waals surface area contributed by atoms with Gasteiger partial charge in [0.25, 0.3) is 5.91 Å². The van der Waals surface area contributed by atoms with Gasteiger partial charge in [0.1, 0.15) is 0 Å². The van der Waals surface area contributed by atoms with E-state index < -0.39 is 17.6 Å². The molecule has 2 N–H and O–H groups in total. The second-order valence-corrected chi connectivity index (χ2v) is 5.00. The predicted octanol–water partition coefficient (Wildman–Crippen LogP) is 4.02. The van der Waals surface area contributed by atoms with E-state index in [9.17, 15) is 18.0 Å². The summed E-state index contributed by atoms with van der Waals surface area (Å²) >= 11 is 0. The van der Waals surface area contributed by atoms with Crippen LogP contribution < -0.4 is 10.6 Å². The summed E-state index contributed by atoms with van der Waals surface area (Å²) in [6.07, 6.45) is -4.46. The molecule has 128 valence electrons. The fourth-order valence-corrected chi connectivity index (χ4v) is 2.09. The summed E-state index contributed by atoms with van der Waals surface area (Å²) in [5.74, 6) is -0.491. The normalized spacial score (nSPS) is 11.2. The summed E-state index contributed by atoms with van der Waals surface area (Å²) in [4.78, 5) is 12.4. The highest BCUT2D eigenvalue weighted by molar-refractivity contribution is 6.08. The summed E-state index contributed by atoms with van der Waals surface area (Å²) in [6, 6.07) is 11.3. The van der Waals surface area contributed by atoms with Gasteiger partial charge in [0, 0.05) is 25.0 Å². The van der Waals surface area contributed by atoms with Crippen LogP contribution in [0.15, 0.2) is 48.5 Å². The van der Waals surface area contributed by atoms with E-state index in [0.717, 1.165) is 12.1 Å². The van der Waals surface area contributed by atoms with Crippen LogP contribution in [0.25, 0.3) is 0 Å². The zero-order valence-electron chi connectivity index (χ0n) is 13.0. The highest BCUT2D eigenvalue weighted by Crippen LogP contribution is 2.30. The van der Waals surface area contributed by atoms with Crippen LogP contribution in [0.3, 0.4) is 0 Å². The zero-order chi connectivity index (χ0) is 17.6. The van der Waals surface area contributed by atoms with Gasteiger partial charge in [-0.1, -0.05) is 18.2 Å². The van der Waals surface area contributed by atoms with Crippen molar-refractivity contribution in [2.24, 2.45) is 0 Å². The maximum Gasteiger partial charge on any atom is 0.416 e. The lowest BCUT2D eigenvalue weighted by atomic mass is 10.1. The molecule has 24 heavy (non-hydrogen) atoms. The lowest BCUT2D eigenvalue weighted by Crippen LogP contribution is -2.17. The van der Waals surface area contributed by atoms with Crippen molar-refractivity contribution < 1.29 is 22.7 Å². The van der Waals surface area contributed by atoms with E-state index in [1.807, 2.05) is 0 Å². The van der Waals surface area contributed by atoms with Crippen LogP contribution in [0, 0.1) is 0 Å². The first-order valence-electron chi connectivity index (χ1n) is 7.22. The van der Waals surface area contributed by atoms with Crippen molar-refractivity contribution in [3.05, 3.63) is 59.7 Å². The minimum Gasteiger partial charge on any atom is -0.383 e. The average Bonchev–Trinajstić information content (AvgIpc) is 2.55. The zero-order valence-corrected chi connectivity index (χ0v) is 13.0. The van der Waals surface area contributed by atoms with Gasteiger partial charge >= 0.3 is 6.18 Å². The van der Waals surface area contributed by atoms with Crippen LogP contribution in [-0.2, 0) is 10.9 Å². The fraction of sp³-hybridized carbons (Fsp3) is 0.235. The highest BCUT2D eigenvalue weighted by Gasteiger charge is 2.30. The van der Waals surface area contributed by atoms with Crippen LogP contribution in [0.4, 0.5) is 24.5 Å². The summed E-state index contributed by atoms with van der Waals surface area (Å²) in [5, 5.41) is 5.54. The average molecular weight is 338 g/mol. The molecule has 0 atom stereocenters. The smallest absolute Gasteiger partial charge is 0.383 e. The number of methoxy groups -OCH3 is 1. The SMILES string of the molecule is COCCNc1ccccc1C(=O)Nc1cccc(C(F)(F)F)c1. The molecular formula is C17H17F3N2O2. The summed E-state index contributed by atoms with van der Waals surface area (Å²) < 4.78 is 43.1. The largest absolute Gasteiger partial charge is 0.416 e. The Balaban J connectivity index is 2.16. The van der Waals surface area contributed by atoms with Crippen molar-refractivity contribution in [3.8, 4) is 0 Å². The van der Waals surface area contributed by atoms with Crippen LogP contribution >= 0.6 is 0 Å². The lowest BCUT2D eigenvalue weighted by molar-refractivity contribution is -0.137. The maximum absolute atomic E-state index is 12.7. The van der Waals surface area contributed by atoms with Gasteiger partial charge in [0.2, 0.25) is 0 Å². The number of hydrogen-bond acceptors (Lipinski definition) is 3. The van der Waals surface area contributed by atoms with Crippen molar-refractivity contribution in [2.75, 3.05) is 30.9 Å². The van der Waals surface area contributed by atoms with Crippen molar-refractivity contribution >= 4 is 17.3 Å². The van der Waals surface area contributed by atoms with Gasteiger partial charge < -0.3 is 15.4 Å². The number of nitrogens with one attached hydrogen (secondary N) is 2. The molecule has 0 aromatic heterocycles. The number of para-hydroxylation sites is 1. The number of benzene rings is 2. The number of halogens is 3. The minimum atomic E-state index is -4.46. The number of carbonyl (C=O) groups excluding carboxylic acids is 1. The second-order valence-electron chi connectivity index (χ2n) is 5.00. The molecule has 2 aromatic rings. The second kappa shape index (κ2) is 7.83. The first kappa shape index (κ1) is 17.8. The Hall–Kier alpha value is -2.54. The van der Waals surface area contributed by atoms with Crippen molar-refractivity contribution in [1.82, 2.24) is 0 Å². The Kier molecular flexibility index (Phi) is 5.81. The van der Waals surface area contributed by atoms with Crippen molar-refractivity contribution in [3.63, 3.8) is 0 Å². The molecule has 0 saturated carbocycles. The van der Waals surface area contributed by atoms with Gasteiger partial charge in [-0.2, -0.15) is 13.2 Å². The van der Waals surface area contributed by atoms with Gasteiger partial charge in [-0.3, -0.25) is 4.79 Å². The summed E-state index contributed by atoms with van der Waals surface area (Å²) in [5.41, 5.74) is 0.193. The fourth-order valence-electron chi connectivity index (χ4n) is 2.09. The first-order valence-corrected chi connectivity index (χ1v) is 7.22. The maximum atomic E-state index is 12.7. The topological polar surface area (TPSA) is 50.4 Å². The third-order valence-electron chi connectivity index (χ3n) is 3.24. The molecule has 2 rings (SSSR count). The highest BCUT2D eigenvalue weighted by atomic mass is 19.4. The molecular weight excluding hydrogens is 321 g/mol. The number of hydrogen-bond donors (Lipinski definition) is 2. The molecule has 0 saturated heterocycles. The van der Waals surface area contributed by atoms with E-state index in [1.54, 1.807) is 31.4 Å². The van der Waals surface area contributed by atoms with Gasteiger partial charge in [-0.25, -0.2) is 0 Å². The van der Waals surface area contributed by atoms with Crippen LogP contribution in [0.2, 0.25) is 0 Å². The third-order valence-corrected chi connectivity index (χ3v) is 3.24.